The second kappa shape index (κ2) is 30.1. The summed E-state index contributed by atoms with van der Waals surface area (Å²) in [4.78, 5) is 36.6. The molecule has 0 saturated carbocycles. The molecule has 0 aliphatic rings. The SMILES string of the molecule is CC(C)CCCCCCCCCCCCCCCc1cc(C(=O)O)c(C(=O)O)c(C(=O)O)c1CCCCCCCCCCCCCCCC(C)C. The van der Waals surface area contributed by atoms with Gasteiger partial charge in [0.2, 0.25) is 0 Å². The van der Waals surface area contributed by atoms with Crippen LogP contribution < -0.4 is 0 Å². The number of unbranched alkanes of at least 4 members (excludes halogenated alkanes) is 24. The summed E-state index contributed by atoms with van der Waals surface area (Å²) < 4.78 is 0. The molecular weight excluding hydrogens is 636 g/mol. The second-order valence-electron chi connectivity index (χ2n) is 16.3. The zero-order valence-electron chi connectivity index (χ0n) is 33.5. The van der Waals surface area contributed by atoms with Crippen LogP contribution in [0.5, 0.6) is 0 Å². The molecule has 0 bridgehead atoms. The van der Waals surface area contributed by atoms with E-state index in [1.807, 2.05) is 0 Å². The quantitative estimate of drug-likeness (QED) is 0.0603. The van der Waals surface area contributed by atoms with Crippen molar-refractivity contribution in [3.05, 3.63) is 33.9 Å². The summed E-state index contributed by atoms with van der Waals surface area (Å²) in [5.74, 6) is -2.60. The fourth-order valence-corrected chi connectivity index (χ4v) is 7.53. The molecule has 6 heteroatoms. The first kappa shape index (κ1) is 46.7. The van der Waals surface area contributed by atoms with Crippen LogP contribution in [0.1, 0.15) is 250 Å². The van der Waals surface area contributed by atoms with E-state index < -0.39 is 29.0 Å². The molecule has 3 N–H and O–H groups in total. The molecule has 0 heterocycles. The van der Waals surface area contributed by atoms with Gasteiger partial charge in [0.15, 0.2) is 0 Å². The third-order valence-corrected chi connectivity index (χ3v) is 10.6. The highest BCUT2D eigenvalue weighted by Gasteiger charge is 2.29. The Labute approximate surface area is 313 Å². The Kier molecular flexibility index (Phi) is 27.6. The van der Waals surface area contributed by atoms with Gasteiger partial charge in [0.1, 0.15) is 0 Å². The number of rotatable bonds is 35. The predicted molar refractivity (Wildman–Crippen MR) is 214 cm³/mol. The van der Waals surface area contributed by atoms with Gasteiger partial charge in [-0.25, -0.2) is 14.4 Å². The van der Waals surface area contributed by atoms with Gasteiger partial charge < -0.3 is 15.3 Å². The lowest BCUT2D eigenvalue weighted by Crippen LogP contribution is -2.19. The van der Waals surface area contributed by atoms with E-state index in [4.69, 9.17) is 0 Å². The van der Waals surface area contributed by atoms with Gasteiger partial charge in [-0.3, -0.25) is 0 Å². The molecule has 0 unspecified atom stereocenters. The van der Waals surface area contributed by atoms with Gasteiger partial charge in [-0.2, -0.15) is 0 Å². The molecule has 1 rings (SSSR count). The average Bonchev–Trinajstić information content (AvgIpc) is 3.07. The summed E-state index contributed by atoms with van der Waals surface area (Å²) in [6.07, 6.45) is 35.7. The topological polar surface area (TPSA) is 112 Å². The average molecular weight is 715 g/mol. The summed E-state index contributed by atoms with van der Waals surface area (Å²) in [6.45, 7) is 9.20. The fourth-order valence-electron chi connectivity index (χ4n) is 7.53. The van der Waals surface area contributed by atoms with Crippen LogP contribution in [0, 0.1) is 11.8 Å². The van der Waals surface area contributed by atoms with Crippen molar-refractivity contribution in [2.45, 2.75) is 220 Å². The third-order valence-electron chi connectivity index (χ3n) is 10.6. The monoisotopic (exact) mass is 715 g/mol. The molecule has 51 heavy (non-hydrogen) atoms. The molecule has 294 valence electrons. The fraction of sp³-hybridized carbons (Fsp3) is 0.800. The van der Waals surface area contributed by atoms with E-state index in [1.54, 1.807) is 0 Å². The van der Waals surface area contributed by atoms with Crippen LogP contribution in [0.2, 0.25) is 0 Å². The third kappa shape index (κ3) is 23.0. The lowest BCUT2D eigenvalue weighted by Gasteiger charge is -2.17. The van der Waals surface area contributed by atoms with Gasteiger partial charge in [0.05, 0.1) is 16.7 Å². The maximum Gasteiger partial charge on any atom is 0.337 e. The lowest BCUT2D eigenvalue weighted by molar-refractivity contribution is 0.0632. The van der Waals surface area contributed by atoms with Crippen molar-refractivity contribution in [2.24, 2.45) is 11.8 Å². The smallest absolute Gasteiger partial charge is 0.337 e. The Hall–Kier alpha value is -2.37. The molecule has 0 spiro atoms. The maximum atomic E-state index is 12.4. The number of carboxylic acid groups (broad SMARTS) is 3. The van der Waals surface area contributed by atoms with Gasteiger partial charge in [0.25, 0.3) is 0 Å². The van der Waals surface area contributed by atoms with Crippen molar-refractivity contribution >= 4 is 17.9 Å². The first-order valence-corrected chi connectivity index (χ1v) is 21.4. The highest BCUT2D eigenvalue weighted by atomic mass is 16.4. The Bertz CT molecular complexity index is 1070. The normalized spacial score (nSPS) is 11.6. The van der Waals surface area contributed by atoms with Gasteiger partial charge in [-0.15, -0.1) is 0 Å². The van der Waals surface area contributed by atoms with E-state index in [0.717, 1.165) is 56.8 Å². The van der Waals surface area contributed by atoms with Crippen LogP contribution in [0.3, 0.4) is 0 Å². The molecule has 0 amide bonds. The molecule has 0 saturated heterocycles. The Morgan fingerprint density at radius 3 is 1.00 bits per heavy atom. The highest BCUT2D eigenvalue weighted by Crippen LogP contribution is 2.28. The van der Waals surface area contributed by atoms with Crippen molar-refractivity contribution in [1.29, 1.82) is 0 Å². The van der Waals surface area contributed by atoms with E-state index in [-0.39, 0.29) is 5.56 Å². The molecule has 6 nitrogen and oxygen atoms in total. The van der Waals surface area contributed by atoms with E-state index in [2.05, 4.69) is 27.7 Å². The van der Waals surface area contributed by atoms with E-state index in [9.17, 15) is 29.7 Å². The molecule has 0 radical (unpaired) electrons. The van der Waals surface area contributed by atoms with Crippen molar-refractivity contribution in [3.63, 3.8) is 0 Å². The highest BCUT2D eigenvalue weighted by molar-refractivity contribution is 6.10. The molecule has 0 aromatic heterocycles. The minimum absolute atomic E-state index is 0.326. The second-order valence-corrected chi connectivity index (χ2v) is 16.3. The maximum absolute atomic E-state index is 12.4. The zero-order chi connectivity index (χ0) is 37.7. The summed E-state index contributed by atoms with van der Waals surface area (Å²) in [7, 11) is 0. The van der Waals surface area contributed by atoms with Crippen LogP contribution in [0.4, 0.5) is 0 Å². The lowest BCUT2D eigenvalue weighted by atomic mass is 9.86. The van der Waals surface area contributed by atoms with Crippen LogP contribution in [0.25, 0.3) is 0 Å². The first-order chi connectivity index (χ1) is 24.6. The molecular formula is C45H78O6. The van der Waals surface area contributed by atoms with Crippen molar-refractivity contribution in [2.75, 3.05) is 0 Å². The standard InChI is InChI=1S/C45H78O6/c1-36(2)31-27-23-19-15-11-7-5-9-13-17-21-25-29-33-38-35-40(43(46)47)42(45(50)51)41(44(48)49)39(38)34-30-26-22-18-14-10-6-8-12-16-20-24-28-32-37(3)4/h35-37H,5-34H2,1-4H3,(H,46,47)(H,48,49)(H,50,51). The molecule has 1 aromatic carbocycles. The molecule has 0 fully saturated rings. The minimum Gasteiger partial charge on any atom is -0.478 e. The number of aromatic carboxylic acids is 3. The van der Waals surface area contributed by atoms with Crippen molar-refractivity contribution < 1.29 is 29.7 Å². The molecule has 1 aromatic rings. The van der Waals surface area contributed by atoms with Crippen LogP contribution in [0.15, 0.2) is 6.07 Å². The number of hydrogen-bond donors (Lipinski definition) is 3. The van der Waals surface area contributed by atoms with Crippen molar-refractivity contribution in [3.8, 4) is 0 Å². The number of benzene rings is 1. The predicted octanol–water partition coefficient (Wildman–Crippen LogP) is 14.1. The number of carbonyl (C=O) groups is 3. The number of hydrogen-bond acceptors (Lipinski definition) is 3. The molecule has 0 aliphatic heterocycles. The van der Waals surface area contributed by atoms with Gasteiger partial charge >= 0.3 is 17.9 Å². The van der Waals surface area contributed by atoms with E-state index >= 15 is 0 Å². The van der Waals surface area contributed by atoms with Gasteiger partial charge in [-0.05, 0) is 54.7 Å². The van der Waals surface area contributed by atoms with E-state index in [0.29, 0.717) is 24.0 Å². The zero-order valence-corrected chi connectivity index (χ0v) is 33.5. The molecule has 0 atom stereocenters. The summed E-state index contributed by atoms with van der Waals surface area (Å²) in [5.41, 5.74) is -0.114. The van der Waals surface area contributed by atoms with Crippen LogP contribution in [-0.2, 0) is 12.8 Å². The van der Waals surface area contributed by atoms with E-state index in [1.165, 1.54) is 141 Å². The Morgan fingerprint density at radius 2 is 0.706 bits per heavy atom. The minimum atomic E-state index is -1.50. The van der Waals surface area contributed by atoms with Gasteiger partial charge in [0, 0.05) is 0 Å². The van der Waals surface area contributed by atoms with Gasteiger partial charge in [-0.1, -0.05) is 195 Å². The summed E-state index contributed by atoms with van der Waals surface area (Å²) in [6, 6.07) is 1.45. The Balaban J connectivity index is 2.47. The number of carboxylic acids is 3. The van der Waals surface area contributed by atoms with Crippen LogP contribution >= 0.6 is 0 Å². The number of aryl methyl sites for hydroxylation is 1. The van der Waals surface area contributed by atoms with Crippen LogP contribution in [-0.4, -0.2) is 33.2 Å². The molecule has 0 aliphatic carbocycles. The summed E-state index contributed by atoms with van der Waals surface area (Å²) >= 11 is 0. The Morgan fingerprint density at radius 1 is 0.412 bits per heavy atom. The first-order valence-electron chi connectivity index (χ1n) is 21.4. The van der Waals surface area contributed by atoms with Crippen molar-refractivity contribution in [1.82, 2.24) is 0 Å². The summed E-state index contributed by atoms with van der Waals surface area (Å²) in [5, 5.41) is 29.8. The largest absolute Gasteiger partial charge is 0.478 e.